The lowest BCUT2D eigenvalue weighted by Crippen LogP contribution is -2.22. The van der Waals surface area contributed by atoms with Crippen LogP contribution >= 0.6 is 11.3 Å². The Balaban J connectivity index is 2.41. The normalized spacial score (nSPS) is 12.0. The topological polar surface area (TPSA) is 60.7 Å². The van der Waals surface area contributed by atoms with Gasteiger partial charge in [-0.05, 0) is 11.5 Å². The minimum absolute atomic E-state index is 0.0244. The summed E-state index contributed by atoms with van der Waals surface area (Å²) in [6.07, 6.45) is 0. The summed E-state index contributed by atoms with van der Waals surface area (Å²) in [5, 5.41) is 2.09. The fourth-order valence-corrected chi connectivity index (χ4v) is 3.49. The lowest BCUT2D eigenvalue weighted by Gasteiger charge is -2.06. The van der Waals surface area contributed by atoms with Crippen molar-refractivity contribution in [2.24, 2.45) is 4.99 Å². The third kappa shape index (κ3) is 2.53. The Morgan fingerprint density at radius 3 is 2.73 bits per heavy atom. The van der Waals surface area contributed by atoms with Gasteiger partial charge in [0.2, 0.25) is 5.91 Å². The van der Waals surface area contributed by atoms with Gasteiger partial charge >= 0.3 is 5.97 Å². The van der Waals surface area contributed by atoms with Gasteiger partial charge in [0.05, 0.1) is 17.3 Å². The second-order valence-electron chi connectivity index (χ2n) is 4.81. The number of thiazole rings is 1. The minimum atomic E-state index is -0.377. The van der Waals surface area contributed by atoms with Gasteiger partial charge in [0.1, 0.15) is 6.54 Å². The van der Waals surface area contributed by atoms with E-state index in [9.17, 15) is 9.59 Å². The predicted molar refractivity (Wildman–Crippen MR) is 85.6 cm³/mol. The zero-order chi connectivity index (χ0) is 15.7. The summed E-state index contributed by atoms with van der Waals surface area (Å²) < 4.78 is 7.48. The number of methoxy groups -OCH3 is 1. The van der Waals surface area contributed by atoms with Gasteiger partial charge in [0, 0.05) is 12.3 Å². The molecular formula is C16H14N2O3S. The van der Waals surface area contributed by atoms with Gasteiger partial charge in [-0.15, -0.1) is 0 Å². The van der Waals surface area contributed by atoms with Gasteiger partial charge < -0.3 is 9.30 Å². The highest BCUT2D eigenvalue weighted by Gasteiger charge is 2.13. The maximum absolute atomic E-state index is 11.7. The maximum atomic E-state index is 11.7. The molecule has 0 bridgehead atoms. The average Bonchev–Trinajstić information content (AvgIpc) is 2.84. The van der Waals surface area contributed by atoms with E-state index >= 15 is 0 Å². The van der Waals surface area contributed by atoms with E-state index in [0.29, 0.717) is 4.80 Å². The van der Waals surface area contributed by atoms with Crippen molar-refractivity contribution in [3.63, 3.8) is 0 Å². The molecular weight excluding hydrogens is 300 g/mol. The zero-order valence-corrected chi connectivity index (χ0v) is 13.0. The molecule has 0 spiro atoms. The van der Waals surface area contributed by atoms with E-state index < -0.39 is 0 Å². The van der Waals surface area contributed by atoms with Crippen LogP contribution in [-0.4, -0.2) is 23.6 Å². The number of ether oxygens (including phenoxy) is 1. The Labute approximate surface area is 130 Å². The summed E-state index contributed by atoms with van der Waals surface area (Å²) in [5.41, 5.74) is 0.897. The van der Waals surface area contributed by atoms with Gasteiger partial charge in [-0.3, -0.25) is 9.59 Å². The number of hydrogen-bond acceptors (Lipinski definition) is 4. The summed E-state index contributed by atoms with van der Waals surface area (Å²) in [4.78, 5) is 27.6. The molecule has 3 rings (SSSR count). The standard InChI is InChI=1S/C16H14N2O3S/c1-10(19)17-16-18(9-14(20)21-2)15-12-6-4-3-5-11(12)7-8-13(15)22-16/h3-8H,9H2,1-2H3. The Kier molecular flexibility index (Phi) is 3.77. The molecule has 3 aromatic rings. The molecule has 0 aliphatic heterocycles. The van der Waals surface area contributed by atoms with Gasteiger partial charge in [0.15, 0.2) is 4.80 Å². The summed E-state index contributed by atoms with van der Waals surface area (Å²) in [5.74, 6) is -0.674. The van der Waals surface area contributed by atoms with Crippen molar-refractivity contribution < 1.29 is 14.3 Å². The van der Waals surface area contributed by atoms with Crippen LogP contribution in [0.15, 0.2) is 41.4 Å². The smallest absolute Gasteiger partial charge is 0.325 e. The Hall–Kier alpha value is -2.47. The van der Waals surface area contributed by atoms with Crippen molar-refractivity contribution in [1.29, 1.82) is 0 Å². The zero-order valence-electron chi connectivity index (χ0n) is 12.2. The highest BCUT2D eigenvalue weighted by atomic mass is 32.1. The van der Waals surface area contributed by atoms with Crippen LogP contribution in [0.2, 0.25) is 0 Å². The van der Waals surface area contributed by atoms with Crippen molar-refractivity contribution in [1.82, 2.24) is 4.57 Å². The van der Waals surface area contributed by atoms with Gasteiger partial charge in [-0.2, -0.15) is 4.99 Å². The summed E-state index contributed by atoms with van der Waals surface area (Å²) in [7, 11) is 1.34. The van der Waals surface area contributed by atoms with Crippen LogP contribution in [-0.2, 0) is 20.9 Å². The molecule has 0 unspecified atom stereocenters. The first-order valence-electron chi connectivity index (χ1n) is 6.73. The molecule has 0 aliphatic carbocycles. The van der Waals surface area contributed by atoms with E-state index in [1.807, 2.05) is 36.4 Å². The van der Waals surface area contributed by atoms with Crippen LogP contribution in [0.5, 0.6) is 0 Å². The molecule has 0 fully saturated rings. The number of aromatic nitrogens is 1. The number of nitrogens with zero attached hydrogens (tertiary/aromatic N) is 2. The molecule has 1 aromatic heterocycles. The van der Waals surface area contributed by atoms with E-state index in [-0.39, 0.29) is 18.4 Å². The number of carbonyl (C=O) groups is 2. The lowest BCUT2D eigenvalue weighted by molar-refractivity contribution is -0.141. The Morgan fingerprint density at radius 2 is 2.00 bits per heavy atom. The van der Waals surface area contributed by atoms with Crippen LogP contribution in [0.1, 0.15) is 6.92 Å². The number of carbonyl (C=O) groups excluding carboxylic acids is 2. The summed E-state index contributed by atoms with van der Waals surface area (Å²) >= 11 is 1.39. The molecule has 22 heavy (non-hydrogen) atoms. The number of rotatable bonds is 2. The molecule has 6 heteroatoms. The van der Waals surface area contributed by atoms with E-state index in [4.69, 9.17) is 4.74 Å². The SMILES string of the molecule is COC(=O)Cn1c(=NC(C)=O)sc2ccc3ccccc3c21. The molecule has 0 aliphatic rings. The van der Waals surface area contributed by atoms with Crippen LogP contribution in [0.3, 0.4) is 0 Å². The van der Waals surface area contributed by atoms with Crippen molar-refractivity contribution in [3.05, 3.63) is 41.2 Å². The molecule has 5 nitrogen and oxygen atoms in total. The molecule has 0 N–H and O–H groups in total. The number of benzene rings is 2. The third-order valence-electron chi connectivity index (χ3n) is 3.33. The van der Waals surface area contributed by atoms with Crippen LogP contribution < -0.4 is 4.80 Å². The average molecular weight is 314 g/mol. The van der Waals surface area contributed by atoms with Crippen LogP contribution in [0.4, 0.5) is 0 Å². The maximum Gasteiger partial charge on any atom is 0.325 e. The fourth-order valence-electron chi connectivity index (χ4n) is 2.40. The summed E-state index contributed by atoms with van der Waals surface area (Å²) in [6.45, 7) is 1.42. The third-order valence-corrected chi connectivity index (χ3v) is 4.38. The van der Waals surface area contributed by atoms with Crippen molar-refractivity contribution in [2.45, 2.75) is 13.5 Å². The Bertz CT molecular complexity index is 953. The number of esters is 1. The van der Waals surface area contributed by atoms with Gasteiger partial charge in [-0.1, -0.05) is 41.7 Å². The predicted octanol–water partition coefficient (Wildman–Crippen LogP) is 2.48. The second kappa shape index (κ2) is 5.73. The number of hydrogen-bond donors (Lipinski definition) is 0. The van der Waals surface area contributed by atoms with Crippen LogP contribution in [0, 0.1) is 0 Å². The van der Waals surface area contributed by atoms with E-state index in [1.54, 1.807) is 4.57 Å². The van der Waals surface area contributed by atoms with Gasteiger partial charge in [0.25, 0.3) is 0 Å². The molecule has 0 saturated heterocycles. The number of fused-ring (bicyclic) bond motifs is 3. The molecule has 0 radical (unpaired) electrons. The second-order valence-corrected chi connectivity index (χ2v) is 5.82. The van der Waals surface area contributed by atoms with E-state index in [1.165, 1.54) is 25.4 Å². The molecule has 0 atom stereocenters. The van der Waals surface area contributed by atoms with E-state index in [2.05, 4.69) is 4.99 Å². The first-order chi connectivity index (χ1) is 10.6. The molecule has 2 aromatic carbocycles. The lowest BCUT2D eigenvalue weighted by atomic mass is 10.1. The monoisotopic (exact) mass is 314 g/mol. The highest BCUT2D eigenvalue weighted by molar-refractivity contribution is 7.16. The first kappa shape index (κ1) is 14.5. The van der Waals surface area contributed by atoms with Gasteiger partial charge in [-0.25, -0.2) is 0 Å². The fraction of sp³-hybridized carbons (Fsp3) is 0.188. The van der Waals surface area contributed by atoms with Crippen molar-refractivity contribution >= 4 is 44.2 Å². The number of amides is 1. The summed E-state index contributed by atoms with van der Waals surface area (Å²) in [6, 6.07) is 11.9. The van der Waals surface area contributed by atoms with Crippen LogP contribution in [0.25, 0.3) is 21.0 Å². The van der Waals surface area contributed by atoms with E-state index in [0.717, 1.165) is 21.0 Å². The molecule has 0 saturated carbocycles. The Morgan fingerprint density at radius 1 is 1.23 bits per heavy atom. The minimum Gasteiger partial charge on any atom is -0.468 e. The first-order valence-corrected chi connectivity index (χ1v) is 7.55. The molecule has 1 amide bonds. The largest absolute Gasteiger partial charge is 0.468 e. The van der Waals surface area contributed by atoms with Crippen molar-refractivity contribution in [3.8, 4) is 0 Å². The highest BCUT2D eigenvalue weighted by Crippen LogP contribution is 2.27. The quantitative estimate of drug-likeness (QED) is 0.683. The molecule has 1 heterocycles. The molecule has 112 valence electrons. The van der Waals surface area contributed by atoms with Crippen molar-refractivity contribution in [2.75, 3.05) is 7.11 Å².